The Balaban J connectivity index is 2.27. The summed E-state index contributed by atoms with van der Waals surface area (Å²) in [6, 6.07) is 6.06. The molecule has 0 saturated carbocycles. The van der Waals surface area contributed by atoms with Gasteiger partial charge in [0.25, 0.3) is 0 Å². The van der Waals surface area contributed by atoms with Gasteiger partial charge < -0.3 is 15.4 Å². The highest BCUT2D eigenvalue weighted by atomic mass is 19.3. The molecule has 2 N–H and O–H groups in total. The van der Waals surface area contributed by atoms with Crippen LogP contribution in [0.3, 0.4) is 0 Å². The third-order valence-corrected chi connectivity index (χ3v) is 2.56. The third-order valence-electron chi connectivity index (χ3n) is 2.56. The van der Waals surface area contributed by atoms with Gasteiger partial charge in [0.1, 0.15) is 5.75 Å². The van der Waals surface area contributed by atoms with Gasteiger partial charge in [0.05, 0.1) is 6.42 Å². The van der Waals surface area contributed by atoms with Crippen LogP contribution in [0.2, 0.25) is 0 Å². The van der Waals surface area contributed by atoms with Crippen LogP contribution in [0, 0.1) is 0 Å². The topological polar surface area (TPSA) is 50.4 Å². The van der Waals surface area contributed by atoms with E-state index in [-0.39, 0.29) is 18.1 Å². The molecule has 1 aromatic rings. The summed E-state index contributed by atoms with van der Waals surface area (Å²) in [7, 11) is 0. The fourth-order valence-corrected chi connectivity index (χ4v) is 1.63. The monoisotopic (exact) mass is 286 g/mol. The Morgan fingerprint density at radius 1 is 1.20 bits per heavy atom. The summed E-state index contributed by atoms with van der Waals surface area (Å²) in [5.74, 6) is -0.00116. The number of benzene rings is 1. The summed E-state index contributed by atoms with van der Waals surface area (Å²) < 4.78 is 28.2. The smallest absolute Gasteiger partial charge is 0.387 e. The third kappa shape index (κ3) is 7.04. The van der Waals surface area contributed by atoms with Crippen molar-refractivity contribution in [2.75, 3.05) is 19.6 Å². The lowest BCUT2D eigenvalue weighted by Crippen LogP contribution is -2.32. The molecule has 20 heavy (non-hydrogen) atoms. The highest BCUT2D eigenvalue weighted by molar-refractivity contribution is 5.78. The maximum Gasteiger partial charge on any atom is 0.387 e. The van der Waals surface area contributed by atoms with Crippen LogP contribution in [0.1, 0.15) is 18.9 Å². The molecule has 0 aliphatic rings. The molecule has 112 valence electrons. The van der Waals surface area contributed by atoms with Crippen LogP contribution in [-0.4, -0.2) is 32.2 Å². The first kappa shape index (κ1) is 16.4. The zero-order valence-corrected chi connectivity index (χ0v) is 11.5. The number of halogens is 2. The lowest BCUT2D eigenvalue weighted by molar-refractivity contribution is -0.120. The number of rotatable bonds is 9. The number of carbonyl (C=O) groups is 1. The molecule has 0 bridgehead atoms. The van der Waals surface area contributed by atoms with Gasteiger partial charge in [-0.1, -0.05) is 19.1 Å². The molecule has 0 fully saturated rings. The van der Waals surface area contributed by atoms with Crippen molar-refractivity contribution in [1.29, 1.82) is 0 Å². The average molecular weight is 286 g/mol. The Morgan fingerprint density at radius 2 is 1.90 bits per heavy atom. The fourth-order valence-electron chi connectivity index (χ4n) is 1.63. The second kappa shape index (κ2) is 9.25. The van der Waals surface area contributed by atoms with Crippen molar-refractivity contribution in [3.05, 3.63) is 29.8 Å². The minimum absolute atomic E-state index is 0.0907. The van der Waals surface area contributed by atoms with Crippen LogP contribution < -0.4 is 15.4 Å². The molecule has 4 nitrogen and oxygen atoms in total. The van der Waals surface area contributed by atoms with Gasteiger partial charge in [-0.3, -0.25) is 4.79 Å². The Bertz CT molecular complexity index is 397. The van der Waals surface area contributed by atoms with E-state index in [1.807, 2.05) is 0 Å². The Kier molecular flexibility index (Phi) is 7.57. The van der Waals surface area contributed by atoms with Gasteiger partial charge in [-0.25, -0.2) is 0 Å². The van der Waals surface area contributed by atoms with E-state index in [1.54, 1.807) is 12.1 Å². The zero-order valence-electron chi connectivity index (χ0n) is 11.5. The Hall–Kier alpha value is -1.69. The maximum atomic E-state index is 12.0. The minimum Gasteiger partial charge on any atom is -0.435 e. The molecule has 0 unspecified atom stereocenters. The summed E-state index contributed by atoms with van der Waals surface area (Å²) in [6.45, 7) is 1.49. The molecular weight excluding hydrogens is 266 g/mol. The molecular formula is C14H20F2N2O2. The summed E-state index contributed by atoms with van der Waals surface area (Å²) in [5, 5.41) is 5.96. The van der Waals surface area contributed by atoms with Crippen LogP contribution in [0.4, 0.5) is 8.78 Å². The van der Waals surface area contributed by atoms with Crippen molar-refractivity contribution < 1.29 is 18.3 Å². The van der Waals surface area contributed by atoms with E-state index >= 15 is 0 Å². The average Bonchev–Trinajstić information content (AvgIpc) is 2.40. The van der Waals surface area contributed by atoms with Crippen molar-refractivity contribution in [3.8, 4) is 5.75 Å². The van der Waals surface area contributed by atoms with Gasteiger partial charge in [0, 0.05) is 13.1 Å². The van der Waals surface area contributed by atoms with E-state index in [1.165, 1.54) is 12.1 Å². The van der Waals surface area contributed by atoms with Crippen LogP contribution in [0.5, 0.6) is 5.75 Å². The number of alkyl halides is 2. The largest absolute Gasteiger partial charge is 0.435 e. The van der Waals surface area contributed by atoms with E-state index in [2.05, 4.69) is 22.3 Å². The highest BCUT2D eigenvalue weighted by Gasteiger charge is 2.06. The van der Waals surface area contributed by atoms with Crippen LogP contribution in [0.15, 0.2) is 24.3 Å². The van der Waals surface area contributed by atoms with E-state index in [0.717, 1.165) is 25.1 Å². The molecule has 0 saturated heterocycles. The summed E-state index contributed by atoms with van der Waals surface area (Å²) in [5.41, 5.74) is 0.755. The van der Waals surface area contributed by atoms with E-state index < -0.39 is 6.61 Å². The number of hydrogen-bond acceptors (Lipinski definition) is 3. The van der Waals surface area contributed by atoms with Gasteiger partial charge in [-0.05, 0) is 30.7 Å². The first-order valence-corrected chi connectivity index (χ1v) is 6.63. The molecule has 1 amide bonds. The molecule has 0 aliphatic heterocycles. The summed E-state index contributed by atoms with van der Waals surface area (Å²) >= 11 is 0. The second-order valence-electron chi connectivity index (χ2n) is 4.30. The van der Waals surface area contributed by atoms with Crippen LogP contribution in [-0.2, 0) is 11.2 Å². The molecule has 0 radical (unpaired) electrons. The minimum atomic E-state index is -2.83. The number of carbonyl (C=O) groups excluding carboxylic acids is 1. The van der Waals surface area contributed by atoms with E-state index in [4.69, 9.17) is 0 Å². The predicted octanol–water partition coefficient (Wildman–Crippen LogP) is 1.95. The summed E-state index contributed by atoms with van der Waals surface area (Å²) in [6.07, 6.45) is 1.28. The summed E-state index contributed by atoms with van der Waals surface area (Å²) in [4.78, 5) is 11.6. The van der Waals surface area contributed by atoms with Crippen molar-refractivity contribution in [1.82, 2.24) is 10.6 Å². The normalized spacial score (nSPS) is 10.6. The van der Waals surface area contributed by atoms with Crippen molar-refractivity contribution in [2.45, 2.75) is 26.4 Å². The molecule has 0 heterocycles. The Morgan fingerprint density at radius 3 is 2.50 bits per heavy atom. The van der Waals surface area contributed by atoms with Gasteiger partial charge >= 0.3 is 6.61 Å². The van der Waals surface area contributed by atoms with Crippen molar-refractivity contribution >= 4 is 5.91 Å². The number of amides is 1. The molecule has 6 heteroatoms. The molecule has 1 aromatic carbocycles. The standard InChI is InChI=1S/C14H20F2N2O2/c1-2-7-17-8-9-18-13(19)10-11-3-5-12(6-4-11)20-14(15)16/h3-6,14,17H,2,7-10H2,1H3,(H,18,19). The van der Waals surface area contributed by atoms with Crippen molar-refractivity contribution in [3.63, 3.8) is 0 Å². The molecule has 0 aromatic heterocycles. The van der Waals surface area contributed by atoms with Crippen LogP contribution >= 0.6 is 0 Å². The number of ether oxygens (including phenoxy) is 1. The van der Waals surface area contributed by atoms with E-state index in [9.17, 15) is 13.6 Å². The first-order chi connectivity index (χ1) is 9.61. The van der Waals surface area contributed by atoms with Crippen LogP contribution in [0.25, 0.3) is 0 Å². The molecule has 1 rings (SSSR count). The maximum absolute atomic E-state index is 12.0. The van der Waals surface area contributed by atoms with Gasteiger partial charge in [0.2, 0.25) is 5.91 Å². The Labute approximate surface area is 117 Å². The number of hydrogen-bond donors (Lipinski definition) is 2. The van der Waals surface area contributed by atoms with E-state index in [0.29, 0.717) is 6.54 Å². The SMILES string of the molecule is CCCNCCNC(=O)Cc1ccc(OC(F)F)cc1. The lowest BCUT2D eigenvalue weighted by Gasteiger charge is -2.07. The molecule has 0 spiro atoms. The second-order valence-corrected chi connectivity index (χ2v) is 4.30. The highest BCUT2D eigenvalue weighted by Crippen LogP contribution is 2.15. The number of nitrogens with one attached hydrogen (secondary N) is 2. The first-order valence-electron chi connectivity index (χ1n) is 6.63. The quantitative estimate of drug-likeness (QED) is 0.682. The molecule has 0 aliphatic carbocycles. The lowest BCUT2D eigenvalue weighted by atomic mass is 10.1. The van der Waals surface area contributed by atoms with Gasteiger partial charge in [0.15, 0.2) is 0 Å². The molecule has 0 atom stereocenters. The zero-order chi connectivity index (χ0) is 14.8. The van der Waals surface area contributed by atoms with Gasteiger partial charge in [-0.15, -0.1) is 0 Å². The van der Waals surface area contributed by atoms with Gasteiger partial charge in [-0.2, -0.15) is 8.78 Å². The fraction of sp³-hybridized carbons (Fsp3) is 0.500. The predicted molar refractivity (Wildman–Crippen MR) is 72.9 cm³/mol. The van der Waals surface area contributed by atoms with Crippen molar-refractivity contribution in [2.24, 2.45) is 0 Å².